The molecule has 4 aromatic rings. The minimum Gasteiger partial charge on any atom is -0.497 e. The van der Waals surface area contributed by atoms with Gasteiger partial charge in [0.25, 0.3) is 0 Å². The summed E-state index contributed by atoms with van der Waals surface area (Å²) < 4.78 is 11.1. The molecule has 0 aliphatic heterocycles. The lowest BCUT2D eigenvalue weighted by molar-refractivity contribution is 0.321. The van der Waals surface area contributed by atoms with Crippen LogP contribution in [0.3, 0.4) is 0 Å². The molecule has 2 N–H and O–H groups in total. The van der Waals surface area contributed by atoms with Gasteiger partial charge in [0.2, 0.25) is 0 Å². The summed E-state index contributed by atoms with van der Waals surface area (Å²) in [4.78, 5) is 10.7. The Morgan fingerprint density at radius 2 is 2.04 bits per heavy atom. The van der Waals surface area contributed by atoms with Gasteiger partial charge in [0, 0.05) is 35.1 Å². The molecule has 0 amide bonds. The van der Waals surface area contributed by atoms with Crippen LogP contribution in [0.15, 0.2) is 48.9 Å². The van der Waals surface area contributed by atoms with Crippen molar-refractivity contribution >= 4 is 21.9 Å². The summed E-state index contributed by atoms with van der Waals surface area (Å²) in [5, 5.41) is 2.23. The van der Waals surface area contributed by atoms with E-state index in [1.54, 1.807) is 13.3 Å². The lowest BCUT2D eigenvalue weighted by atomic mass is 10.1. The maximum Gasteiger partial charge on any atom is 0.138 e. The topological polar surface area (TPSA) is 62.9 Å². The monoisotopic (exact) mass is 307 g/mol. The average Bonchev–Trinajstić information content (AvgIpc) is 3.20. The summed E-state index contributed by atoms with van der Waals surface area (Å²) in [6, 6.07) is 10.0. The number of benzene rings is 1. The fourth-order valence-electron chi connectivity index (χ4n) is 2.77. The number of hydrogen-bond acceptors (Lipinski definition) is 3. The molecule has 0 spiro atoms. The molecule has 116 valence electrons. The third-order valence-electron chi connectivity index (χ3n) is 3.99. The van der Waals surface area contributed by atoms with E-state index in [-0.39, 0.29) is 0 Å². The minimum atomic E-state index is 0.599. The van der Waals surface area contributed by atoms with Crippen LogP contribution in [0.1, 0.15) is 5.56 Å². The van der Waals surface area contributed by atoms with E-state index in [0.29, 0.717) is 6.61 Å². The molecule has 3 heterocycles. The number of aromatic amines is 2. The fourth-order valence-corrected chi connectivity index (χ4v) is 2.77. The van der Waals surface area contributed by atoms with E-state index in [0.717, 1.165) is 34.5 Å². The van der Waals surface area contributed by atoms with Crippen LogP contribution in [0.5, 0.6) is 11.5 Å². The van der Waals surface area contributed by atoms with Crippen molar-refractivity contribution in [3.63, 3.8) is 0 Å². The Morgan fingerprint density at radius 1 is 1.09 bits per heavy atom. The molecule has 4 rings (SSSR count). The number of H-pyrrole nitrogens is 2. The third kappa shape index (κ3) is 2.61. The molecular weight excluding hydrogens is 290 g/mol. The van der Waals surface area contributed by atoms with Crippen molar-refractivity contribution in [2.24, 2.45) is 0 Å². The van der Waals surface area contributed by atoms with Crippen molar-refractivity contribution in [3.8, 4) is 11.5 Å². The molecule has 5 nitrogen and oxygen atoms in total. The summed E-state index contributed by atoms with van der Waals surface area (Å²) in [5.74, 6) is 1.65. The van der Waals surface area contributed by atoms with Crippen LogP contribution >= 0.6 is 0 Å². The van der Waals surface area contributed by atoms with Crippen molar-refractivity contribution in [1.29, 1.82) is 0 Å². The zero-order valence-corrected chi connectivity index (χ0v) is 12.8. The maximum atomic E-state index is 5.84. The predicted octanol–water partition coefficient (Wildman–Crippen LogP) is 3.67. The van der Waals surface area contributed by atoms with Crippen molar-refractivity contribution in [3.05, 3.63) is 54.5 Å². The van der Waals surface area contributed by atoms with Gasteiger partial charge in [-0.05, 0) is 35.9 Å². The van der Waals surface area contributed by atoms with Crippen LogP contribution in [0.2, 0.25) is 0 Å². The number of ether oxygens (including phenoxy) is 2. The van der Waals surface area contributed by atoms with E-state index in [1.165, 1.54) is 10.9 Å². The summed E-state index contributed by atoms with van der Waals surface area (Å²) in [5.41, 5.74) is 3.20. The molecule has 0 fully saturated rings. The number of methoxy groups -OCH3 is 1. The summed E-state index contributed by atoms with van der Waals surface area (Å²) in [6.45, 7) is 0.599. The van der Waals surface area contributed by atoms with Gasteiger partial charge in [0.05, 0.1) is 19.9 Å². The Hall–Kier alpha value is -2.95. The SMILES string of the molecule is COc1ccc2[nH]cc(CCOc3cnc4[nH]ccc4c3)c2c1. The minimum absolute atomic E-state index is 0.599. The van der Waals surface area contributed by atoms with Crippen LogP contribution in [-0.2, 0) is 6.42 Å². The van der Waals surface area contributed by atoms with Crippen LogP contribution in [-0.4, -0.2) is 28.7 Å². The molecule has 0 saturated heterocycles. The average molecular weight is 307 g/mol. The zero-order chi connectivity index (χ0) is 15.6. The van der Waals surface area contributed by atoms with Crippen LogP contribution in [0, 0.1) is 0 Å². The summed E-state index contributed by atoms with van der Waals surface area (Å²) in [7, 11) is 1.68. The molecule has 0 saturated carbocycles. The summed E-state index contributed by atoms with van der Waals surface area (Å²) in [6.07, 6.45) is 6.47. The van der Waals surface area contributed by atoms with Gasteiger partial charge in [0.1, 0.15) is 17.1 Å². The predicted molar refractivity (Wildman–Crippen MR) is 90.1 cm³/mol. The van der Waals surface area contributed by atoms with E-state index >= 15 is 0 Å². The van der Waals surface area contributed by atoms with E-state index in [1.807, 2.05) is 36.7 Å². The number of nitrogens with zero attached hydrogens (tertiary/aromatic N) is 1. The second-order valence-electron chi connectivity index (χ2n) is 5.41. The Morgan fingerprint density at radius 3 is 2.96 bits per heavy atom. The van der Waals surface area contributed by atoms with Crippen molar-refractivity contribution in [2.75, 3.05) is 13.7 Å². The van der Waals surface area contributed by atoms with Gasteiger partial charge >= 0.3 is 0 Å². The number of pyridine rings is 1. The smallest absolute Gasteiger partial charge is 0.138 e. The van der Waals surface area contributed by atoms with Gasteiger partial charge in [-0.3, -0.25) is 0 Å². The number of fused-ring (bicyclic) bond motifs is 2. The van der Waals surface area contributed by atoms with Crippen molar-refractivity contribution in [1.82, 2.24) is 15.0 Å². The van der Waals surface area contributed by atoms with Gasteiger partial charge in [0.15, 0.2) is 0 Å². The molecule has 0 unspecified atom stereocenters. The van der Waals surface area contributed by atoms with Crippen molar-refractivity contribution < 1.29 is 9.47 Å². The second-order valence-corrected chi connectivity index (χ2v) is 5.41. The first-order chi connectivity index (χ1) is 11.3. The Balaban J connectivity index is 1.48. The molecule has 0 radical (unpaired) electrons. The van der Waals surface area contributed by atoms with Crippen molar-refractivity contribution in [2.45, 2.75) is 6.42 Å². The van der Waals surface area contributed by atoms with Crippen LogP contribution in [0.4, 0.5) is 0 Å². The van der Waals surface area contributed by atoms with Gasteiger partial charge in [-0.25, -0.2) is 4.98 Å². The highest BCUT2D eigenvalue weighted by molar-refractivity contribution is 5.84. The Bertz CT molecular complexity index is 955. The highest BCUT2D eigenvalue weighted by Gasteiger charge is 2.06. The normalized spacial score (nSPS) is 11.2. The maximum absolute atomic E-state index is 5.84. The van der Waals surface area contributed by atoms with Crippen LogP contribution in [0.25, 0.3) is 21.9 Å². The zero-order valence-electron chi connectivity index (χ0n) is 12.8. The number of nitrogens with one attached hydrogen (secondary N) is 2. The summed E-state index contributed by atoms with van der Waals surface area (Å²) >= 11 is 0. The number of aromatic nitrogens is 3. The van der Waals surface area contributed by atoms with Gasteiger partial charge in [-0.15, -0.1) is 0 Å². The molecule has 3 aromatic heterocycles. The standard InChI is InChI=1S/C18H17N3O2/c1-22-14-2-3-17-16(9-14)13(10-20-17)5-7-23-15-8-12-4-6-19-18(12)21-11-15/h2-4,6,8-11,20H,5,7H2,1H3,(H,19,21). The van der Waals surface area contributed by atoms with E-state index in [2.05, 4.69) is 21.0 Å². The first-order valence-corrected chi connectivity index (χ1v) is 7.53. The van der Waals surface area contributed by atoms with E-state index in [9.17, 15) is 0 Å². The molecular formula is C18H17N3O2. The lowest BCUT2D eigenvalue weighted by Crippen LogP contribution is -2.01. The molecule has 0 aliphatic carbocycles. The van der Waals surface area contributed by atoms with Gasteiger partial charge in [-0.2, -0.15) is 0 Å². The number of hydrogen-bond donors (Lipinski definition) is 2. The second kappa shape index (κ2) is 5.68. The van der Waals surface area contributed by atoms with Crippen LogP contribution < -0.4 is 9.47 Å². The fraction of sp³-hybridized carbons (Fsp3) is 0.167. The third-order valence-corrected chi connectivity index (χ3v) is 3.99. The Labute approximate surface area is 133 Å². The van der Waals surface area contributed by atoms with E-state index < -0.39 is 0 Å². The van der Waals surface area contributed by atoms with E-state index in [4.69, 9.17) is 9.47 Å². The first-order valence-electron chi connectivity index (χ1n) is 7.53. The molecule has 5 heteroatoms. The first kappa shape index (κ1) is 13.7. The molecule has 0 aliphatic rings. The number of rotatable bonds is 5. The highest BCUT2D eigenvalue weighted by Crippen LogP contribution is 2.24. The van der Waals surface area contributed by atoms with Gasteiger partial charge < -0.3 is 19.4 Å². The van der Waals surface area contributed by atoms with Gasteiger partial charge in [-0.1, -0.05) is 0 Å². The largest absolute Gasteiger partial charge is 0.497 e. The molecule has 0 atom stereocenters. The highest BCUT2D eigenvalue weighted by atomic mass is 16.5. The molecule has 1 aromatic carbocycles. The molecule has 0 bridgehead atoms. The quantitative estimate of drug-likeness (QED) is 0.591. The molecule has 23 heavy (non-hydrogen) atoms. The lowest BCUT2D eigenvalue weighted by Gasteiger charge is -2.06. The Kier molecular flexibility index (Phi) is 3.38.